The highest BCUT2D eigenvalue weighted by Crippen LogP contribution is 2.14. The van der Waals surface area contributed by atoms with Crippen molar-refractivity contribution < 1.29 is 4.79 Å². The van der Waals surface area contributed by atoms with Crippen LogP contribution in [0.1, 0.15) is 31.2 Å². The first-order valence-corrected chi connectivity index (χ1v) is 7.83. The van der Waals surface area contributed by atoms with E-state index in [4.69, 9.17) is 11.6 Å². The number of aryl methyl sites for hydroxylation is 1. The largest absolute Gasteiger partial charge is 0.356 e. The van der Waals surface area contributed by atoms with Crippen LogP contribution in [0, 0.1) is 5.92 Å². The Morgan fingerprint density at radius 3 is 2.76 bits per heavy atom. The number of rotatable bonds is 7. The number of amides is 1. The third-order valence-corrected chi connectivity index (χ3v) is 4.07. The molecule has 1 aromatic rings. The smallest absolute Gasteiger partial charge is 0.220 e. The number of nitrogens with one attached hydrogen (secondary N) is 2. The summed E-state index contributed by atoms with van der Waals surface area (Å²) in [5.41, 5.74) is 1.26. The van der Waals surface area contributed by atoms with E-state index < -0.39 is 0 Å². The zero-order chi connectivity index (χ0) is 14.2. The van der Waals surface area contributed by atoms with Crippen LogP contribution in [0.2, 0.25) is 5.02 Å². The average molecular weight is 331 g/mol. The fraction of sp³-hybridized carbons (Fsp3) is 0.562. The zero-order valence-corrected chi connectivity index (χ0v) is 13.8. The number of hydrogen-bond acceptors (Lipinski definition) is 2. The van der Waals surface area contributed by atoms with E-state index in [0.29, 0.717) is 12.3 Å². The molecule has 0 spiro atoms. The van der Waals surface area contributed by atoms with Gasteiger partial charge in [0.15, 0.2) is 0 Å². The Bertz CT molecular complexity index is 417. The molecule has 0 aromatic heterocycles. The Morgan fingerprint density at radius 2 is 2.10 bits per heavy atom. The Kier molecular flexibility index (Phi) is 8.74. The molecule has 1 aliphatic heterocycles. The highest BCUT2D eigenvalue weighted by atomic mass is 35.5. The minimum absolute atomic E-state index is 0. The number of hydrogen-bond donors (Lipinski definition) is 2. The lowest BCUT2D eigenvalue weighted by atomic mass is 10.0. The standard InChI is InChI=1S/C16H23ClN2O.ClH/c17-15-6-3-13(4-7-15)2-1-10-19-16(20)8-5-14-9-11-18-12-14;/h3-4,6-7,14,18H,1-2,5,8-12H2,(H,19,20);1H. The van der Waals surface area contributed by atoms with Crippen LogP contribution < -0.4 is 10.6 Å². The lowest BCUT2D eigenvalue weighted by molar-refractivity contribution is -0.121. The van der Waals surface area contributed by atoms with Crippen molar-refractivity contribution in [2.24, 2.45) is 5.92 Å². The maximum atomic E-state index is 11.7. The van der Waals surface area contributed by atoms with Gasteiger partial charge < -0.3 is 10.6 Å². The second kappa shape index (κ2) is 10.0. The van der Waals surface area contributed by atoms with Crippen molar-refractivity contribution in [3.8, 4) is 0 Å². The molecule has 2 rings (SSSR count). The highest BCUT2D eigenvalue weighted by Gasteiger charge is 2.15. The molecule has 21 heavy (non-hydrogen) atoms. The Labute approximate surface area is 138 Å². The van der Waals surface area contributed by atoms with E-state index in [9.17, 15) is 4.79 Å². The van der Waals surface area contributed by atoms with Gasteiger partial charge in [-0.15, -0.1) is 12.4 Å². The van der Waals surface area contributed by atoms with Crippen LogP contribution in [-0.4, -0.2) is 25.5 Å². The molecule has 118 valence electrons. The summed E-state index contributed by atoms with van der Waals surface area (Å²) in [5, 5.41) is 7.10. The van der Waals surface area contributed by atoms with E-state index in [2.05, 4.69) is 10.6 Å². The maximum Gasteiger partial charge on any atom is 0.220 e. The van der Waals surface area contributed by atoms with Gasteiger partial charge in [-0.1, -0.05) is 23.7 Å². The van der Waals surface area contributed by atoms with Crippen LogP contribution in [0.15, 0.2) is 24.3 Å². The lowest BCUT2D eigenvalue weighted by Gasteiger charge is -2.08. The van der Waals surface area contributed by atoms with E-state index in [1.54, 1.807) is 0 Å². The van der Waals surface area contributed by atoms with E-state index in [1.807, 2.05) is 24.3 Å². The average Bonchev–Trinajstić information content (AvgIpc) is 2.96. The second-order valence-corrected chi connectivity index (χ2v) is 5.91. The van der Waals surface area contributed by atoms with Gasteiger partial charge >= 0.3 is 0 Å². The van der Waals surface area contributed by atoms with Crippen LogP contribution >= 0.6 is 24.0 Å². The quantitative estimate of drug-likeness (QED) is 0.754. The summed E-state index contributed by atoms with van der Waals surface area (Å²) >= 11 is 5.84. The molecule has 1 heterocycles. The van der Waals surface area contributed by atoms with Crippen molar-refractivity contribution in [2.75, 3.05) is 19.6 Å². The molecule has 0 aliphatic carbocycles. The van der Waals surface area contributed by atoms with Crippen LogP contribution in [0.3, 0.4) is 0 Å². The number of benzene rings is 1. The molecular weight excluding hydrogens is 307 g/mol. The van der Waals surface area contributed by atoms with Gasteiger partial charge in [0.25, 0.3) is 0 Å². The summed E-state index contributed by atoms with van der Waals surface area (Å²) < 4.78 is 0. The Balaban J connectivity index is 0.00000220. The molecule has 1 saturated heterocycles. The molecule has 1 aliphatic rings. The van der Waals surface area contributed by atoms with E-state index in [0.717, 1.165) is 43.9 Å². The first kappa shape index (κ1) is 18.3. The zero-order valence-electron chi connectivity index (χ0n) is 12.2. The van der Waals surface area contributed by atoms with Crippen LogP contribution in [0.5, 0.6) is 0 Å². The maximum absolute atomic E-state index is 11.7. The molecule has 0 bridgehead atoms. The van der Waals surface area contributed by atoms with Gasteiger partial charge in [-0.2, -0.15) is 0 Å². The predicted octanol–water partition coefficient (Wildman–Crippen LogP) is 3.20. The molecule has 3 nitrogen and oxygen atoms in total. The van der Waals surface area contributed by atoms with E-state index >= 15 is 0 Å². The molecule has 0 saturated carbocycles. The van der Waals surface area contributed by atoms with Crippen LogP contribution in [-0.2, 0) is 11.2 Å². The fourth-order valence-electron chi connectivity index (χ4n) is 2.56. The summed E-state index contributed by atoms with van der Waals surface area (Å²) in [6, 6.07) is 7.89. The molecule has 0 radical (unpaired) electrons. The summed E-state index contributed by atoms with van der Waals surface area (Å²) in [6.45, 7) is 2.93. The highest BCUT2D eigenvalue weighted by molar-refractivity contribution is 6.30. The molecular formula is C16H24Cl2N2O. The van der Waals surface area contributed by atoms with Gasteiger partial charge in [0.2, 0.25) is 5.91 Å². The molecule has 2 N–H and O–H groups in total. The van der Waals surface area contributed by atoms with Crippen molar-refractivity contribution in [1.82, 2.24) is 10.6 Å². The SMILES string of the molecule is Cl.O=C(CCC1CCNC1)NCCCc1ccc(Cl)cc1. The second-order valence-electron chi connectivity index (χ2n) is 5.48. The third kappa shape index (κ3) is 7.16. The van der Waals surface area contributed by atoms with Gasteiger partial charge in [0.1, 0.15) is 0 Å². The monoisotopic (exact) mass is 330 g/mol. The fourth-order valence-corrected chi connectivity index (χ4v) is 2.68. The van der Waals surface area contributed by atoms with Crippen molar-refractivity contribution in [3.05, 3.63) is 34.9 Å². The summed E-state index contributed by atoms with van der Waals surface area (Å²) in [4.78, 5) is 11.7. The van der Waals surface area contributed by atoms with E-state index in [1.165, 1.54) is 12.0 Å². The topological polar surface area (TPSA) is 41.1 Å². The first-order chi connectivity index (χ1) is 9.74. The summed E-state index contributed by atoms with van der Waals surface area (Å²) in [5.74, 6) is 0.878. The molecule has 1 fully saturated rings. The summed E-state index contributed by atoms with van der Waals surface area (Å²) in [6.07, 6.45) is 4.83. The van der Waals surface area contributed by atoms with Gasteiger partial charge in [-0.25, -0.2) is 0 Å². The van der Waals surface area contributed by atoms with Crippen LogP contribution in [0.4, 0.5) is 0 Å². The molecule has 1 amide bonds. The van der Waals surface area contributed by atoms with Crippen molar-refractivity contribution >= 4 is 29.9 Å². The molecule has 1 aromatic carbocycles. The van der Waals surface area contributed by atoms with Crippen molar-refractivity contribution in [3.63, 3.8) is 0 Å². The number of carbonyl (C=O) groups excluding carboxylic acids is 1. The van der Waals surface area contributed by atoms with Gasteiger partial charge in [-0.05, 0) is 62.4 Å². The molecule has 5 heteroatoms. The van der Waals surface area contributed by atoms with Crippen molar-refractivity contribution in [2.45, 2.75) is 32.1 Å². The van der Waals surface area contributed by atoms with Crippen LogP contribution in [0.25, 0.3) is 0 Å². The third-order valence-electron chi connectivity index (χ3n) is 3.82. The normalized spacial score (nSPS) is 17.3. The van der Waals surface area contributed by atoms with Gasteiger partial charge in [-0.3, -0.25) is 4.79 Å². The first-order valence-electron chi connectivity index (χ1n) is 7.46. The number of halogens is 2. The summed E-state index contributed by atoms with van der Waals surface area (Å²) in [7, 11) is 0. The lowest BCUT2D eigenvalue weighted by Crippen LogP contribution is -2.25. The van der Waals surface area contributed by atoms with Gasteiger partial charge in [0, 0.05) is 18.0 Å². The minimum atomic E-state index is 0. The Hall–Kier alpha value is -0.770. The molecule has 1 atom stereocenters. The number of carbonyl (C=O) groups is 1. The van der Waals surface area contributed by atoms with Gasteiger partial charge in [0.05, 0.1) is 0 Å². The predicted molar refractivity (Wildman–Crippen MR) is 90.2 cm³/mol. The molecule has 1 unspecified atom stereocenters. The van der Waals surface area contributed by atoms with Crippen molar-refractivity contribution in [1.29, 1.82) is 0 Å². The Morgan fingerprint density at radius 1 is 1.33 bits per heavy atom. The van der Waals surface area contributed by atoms with E-state index in [-0.39, 0.29) is 18.3 Å². The minimum Gasteiger partial charge on any atom is -0.356 e.